The number of hydrogen-bond acceptors (Lipinski definition) is 10. The molecule has 0 spiro atoms. The number of hydrogen-bond donors (Lipinski definition) is 6. The van der Waals surface area contributed by atoms with Gasteiger partial charge in [-0.3, -0.25) is 38.3 Å². The molecule has 5 atom stereocenters. The van der Waals surface area contributed by atoms with Crippen LogP contribution in [0.15, 0.2) is 48.5 Å². The SMILES string of the molecule is C[S@@](=O)CC[C@@H](NC(=O)[C@@H](N)Cc1ccc(O)cc1)C(=O)NCC(=O)N[C@@H](Cc1ccc([N+](=O)[O-])cc1)C(=O)N1CCC[C@H]1C(N)=O. The zero-order valence-corrected chi connectivity index (χ0v) is 26.6. The summed E-state index contributed by atoms with van der Waals surface area (Å²) in [5.74, 6) is -3.32. The topological polar surface area (TPSA) is 257 Å². The predicted molar refractivity (Wildman–Crippen MR) is 171 cm³/mol. The number of carbonyl (C=O) groups excluding carboxylic acids is 5. The molecule has 2 aromatic rings. The molecule has 0 aromatic heterocycles. The van der Waals surface area contributed by atoms with Crippen LogP contribution in [0, 0.1) is 10.1 Å². The summed E-state index contributed by atoms with van der Waals surface area (Å²) < 4.78 is 11.7. The zero-order chi connectivity index (χ0) is 34.7. The first-order valence-electron chi connectivity index (χ1n) is 14.8. The van der Waals surface area contributed by atoms with Gasteiger partial charge in [-0.15, -0.1) is 0 Å². The van der Waals surface area contributed by atoms with Crippen molar-refractivity contribution < 1.29 is 38.2 Å². The van der Waals surface area contributed by atoms with Crippen molar-refractivity contribution in [3.63, 3.8) is 0 Å². The van der Waals surface area contributed by atoms with Crippen LogP contribution in [-0.2, 0) is 47.6 Å². The molecular weight excluding hydrogens is 634 g/mol. The molecule has 3 rings (SSSR count). The van der Waals surface area contributed by atoms with Gasteiger partial charge in [0.15, 0.2) is 0 Å². The Morgan fingerprint density at radius 2 is 1.62 bits per heavy atom. The van der Waals surface area contributed by atoms with Crippen molar-refractivity contribution in [2.75, 3.05) is 25.1 Å². The largest absolute Gasteiger partial charge is 0.508 e. The van der Waals surface area contributed by atoms with E-state index in [1.165, 1.54) is 47.6 Å². The third kappa shape index (κ3) is 11.1. The highest BCUT2D eigenvalue weighted by Crippen LogP contribution is 2.20. The van der Waals surface area contributed by atoms with Crippen LogP contribution >= 0.6 is 0 Å². The number of nitrogens with one attached hydrogen (secondary N) is 3. The molecule has 17 heteroatoms. The van der Waals surface area contributed by atoms with E-state index in [4.69, 9.17) is 11.5 Å². The van der Waals surface area contributed by atoms with Crippen molar-refractivity contribution in [1.29, 1.82) is 0 Å². The van der Waals surface area contributed by atoms with Crippen molar-refractivity contribution in [2.45, 2.75) is 56.3 Å². The van der Waals surface area contributed by atoms with Gasteiger partial charge in [-0.25, -0.2) is 0 Å². The number of phenols is 1. The Bertz CT molecular complexity index is 1490. The van der Waals surface area contributed by atoms with Crippen LogP contribution in [0.25, 0.3) is 0 Å². The number of non-ortho nitro benzene ring substituents is 1. The van der Waals surface area contributed by atoms with Crippen LogP contribution < -0.4 is 27.4 Å². The fourth-order valence-corrected chi connectivity index (χ4v) is 5.63. The number of benzene rings is 2. The number of nitrogens with zero attached hydrogens (tertiary/aromatic N) is 2. The van der Waals surface area contributed by atoms with Gasteiger partial charge in [0.25, 0.3) is 5.69 Å². The fourth-order valence-electron chi connectivity index (χ4n) is 5.06. The van der Waals surface area contributed by atoms with Gasteiger partial charge in [-0.2, -0.15) is 0 Å². The van der Waals surface area contributed by atoms with Gasteiger partial charge in [0.1, 0.15) is 23.9 Å². The lowest BCUT2D eigenvalue weighted by Crippen LogP contribution is -2.56. The maximum absolute atomic E-state index is 13.5. The van der Waals surface area contributed by atoms with Crippen LogP contribution in [-0.4, -0.2) is 97.9 Å². The van der Waals surface area contributed by atoms with E-state index < -0.39 is 76.0 Å². The molecule has 1 aliphatic heterocycles. The van der Waals surface area contributed by atoms with Gasteiger partial charge >= 0.3 is 0 Å². The second-order valence-electron chi connectivity index (χ2n) is 11.2. The molecule has 16 nitrogen and oxygen atoms in total. The number of amides is 5. The predicted octanol–water partition coefficient (Wildman–Crippen LogP) is -1.26. The Morgan fingerprint density at radius 1 is 1.00 bits per heavy atom. The Morgan fingerprint density at radius 3 is 2.21 bits per heavy atom. The highest BCUT2D eigenvalue weighted by atomic mass is 32.2. The minimum Gasteiger partial charge on any atom is -0.508 e. The Hall–Kier alpha value is -4.90. The van der Waals surface area contributed by atoms with Gasteiger partial charge in [-0.1, -0.05) is 24.3 Å². The fraction of sp³-hybridized carbons (Fsp3) is 0.433. The first kappa shape index (κ1) is 36.6. The van der Waals surface area contributed by atoms with Crippen molar-refractivity contribution >= 4 is 46.0 Å². The summed E-state index contributed by atoms with van der Waals surface area (Å²) in [4.78, 5) is 76.1. The molecule has 1 heterocycles. The van der Waals surface area contributed by atoms with Crippen LogP contribution in [0.4, 0.5) is 5.69 Å². The Labute approximate surface area is 273 Å². The molecule has 0 saturated carbocycles. The normalized spacial score (nSPS) is 16.7. The molecule has 1 saturated heterocycles. The Kier molecular flexibility index (Phi) is 13.3. The van der Waals surface area contributed by atoms with Crippen molar-refractivity contribution in [3.05, 3.63) is 69.8 Å². The van der Waals surface area contributed by atoms with Gasteiger partial charge in [0.05, 0.1) is 17.5 Å². The highest BCUT2D eigenvalue weighted by molar-refractivity contribution is 7.84. The summed E-state index contributed by atoms with van der Waals surface area (Å²) in [5.41, 5.74) is 12.5. The monoisotopic (exact) mass is 673 g/mol. The quantitative estimate of drug-likeness (QED) is 0.0911. The van der Waals surface area contributed by atoms with Gasteiger partial charge in [0, 0.05) is 47.9 Å². The maximum Gasteiger partial charge on any atom is 0.269 e. The number of nitro groups is 1. The van der Waals surface area contributed by atoms with E-state index in [2.05, 4.69) is 16.0 Å². The lowest BCUT2D eigenvalue weighted by atomic mass is 10.0. The molecule has 1 aliphatic rings. The Balaban J connectivity index is 1.68. The molecular formula is C30H39N7O9S. The number of likely N-dealkylation sites (tertiary alicyclic amines) is 1. The third-order valence-corrected chi connectivity index (χ3v) is 8.37. The van der Waals surface area contributed by atoms with Crippen molar-refractivity contribution in [3.8, 4) is 5.75 Å². The van der Waals surface area contributed by atoms with Gasteiger partial charge < -0.3 is 37.4 Å². The number of aromatic hydroxyl groups is 1. The molecule has 0 radical (unpaired) electrons. The molecule has 254 valence electrons. The second-order valence-corrected chi connectivity index (χ2v) is 12.7. The molecule has 1 fully saturated rings. The number of nitrogens with two attached hydrogens (primary N) is 2. The summed E-state index contributed by atoms with van der Waals surface area (Å²) in [5, 5.41) is 28.0. The molecule has 2 aromatic carbocycles. The first-order valence-corrected chi connectivity index (χ1v) is 16.5. The summed E-state index contributed by atoms with van der Waals surface area (Å²) in [7, 11) is -1.30. The van der Waals surface area contributed by atoms with Gasteiger partial charge in [-0.05, 0) is 48.9 Å². The standard InChI is InChI=1S/C30H39N7O9S/c1-47(46)14-12-23(35-28(41)22(31)15-18-6-10-21(38)11-7-18)29(42)33-17-26(39)34-24(16-19-4-8-20(9-5-19)37(44)45)30(43)36-13-2-3-25(36)27(32)40/h4-11,22-25,38H,2-3,12-17,31H2,1H3,(H2,32,40)(H,33,42)(H,34,39)(H,35,41)/t22-,23+,24-,25-,47+/m0/s1. The molecule has 0 aliphatic carbocycles. The number of primary amides is 1. The second kappa shape index (κ2) is 17.1. The van der Waals surface area contributed by atoms with Crippen LogP contribution in [0.5, 0.6) is 5.75 Å². The van der Waals surface area contributed by atoms with Crippen molar-refractivity contribution in [2.24, 2.45) is 11.5 Å². The zero-order valence-electron chi connectivity index (χ0n) is 25.8. The van der Waals surface area contributed by atoms with Gasteiger partial charge in [0.2, 0.25) is 29.5 Å². The average Bonchev–Trinajstić information content (AvgIpc) is 3.53. The maximum atomic E-state index is 13.5. The van der Waals surface area contributed by atoms with E-state index in [1.807, 2.05) is 0 Å². The molecule has 0 bridgehead atoms. The van der Waals surface area contributed by atoms with Crippen LogP contribution in [0.3, 0.4) is 0 Å². The lowest BCUT2D eigenvalue weighted by Gasteiger charge is -2.28. The molecule has 5 amide bonds. The lowest BCUT2D eigenvalue weighted by molar-refractivity contribution is -0.384. The molecule has 8 N–H and O–H groups in total. The first-order chi connectivity index (χ1) is 22.2. The van der Waals surface area contributed by atoms with E-state index >= 15 is 0 Å². The minimum absolute atomic E-state index is 0.0149. The van der Waals surface area contributed by atoms with E-state index in [0.29, 0.717) is 24.0 Å². The highest BCUT2D eigenvalue weighted by Gasteiger charge is 2.37. The number of rotatable bonds is 16. The number of nitro benzene ring substituents is 1. The number of phenolic OH excluding ortho intramolecular Hbond substituents is 1. The third-order valence-electron chi connectivity index (χ3n) is 7.56. The molecule has 47 heavy (non-hydrogen) atoms. The number of carbonyl (C=O) groups is 5. The summed E-state index contributed by atoms with van der Waals surface area (Å²) in [6.45, 7) is -0.353. The average molecular weight is 674 g/mol. The van der Waals surface area contributed by atoms with E-state index in [9.17, 15) is 43.4 Å². The molecule has 0 unspecified atom stereocenters. The smallest absolute Gasteiger partial charge is 0.269 e. The summed E-state index contributed by atoms with van der Waals surface area (Å²) in [6, 6.07) is 7.22. The van der Waals surface area contributed by atoms with Crippen molar-refractivity contribution in [1.82, 2.24) is 20.9 Å². The van der Waals surface area contributed by atoms with Crippen LogP contribution in [0.1, 0.15) is 30.4 Å². The van der Waals surface area contributed by atoms with E-state index in [1.54, 1.807) is 12.1 Å². The van der Waals surface area contributed by atoms with Crippen LogP contribution in [0.2, 0.25) is 0 Å². The summed E-state index contributed by atoms with van der Waals surface area (Å²) >= 11 is 0. The minimum atomic E-state index is -1.30. The van der Waals surface area contributed by atoms with E-state index in [-0.39, 0.29) is 43.0 Å². The summed E-state index contributed by atoms with van der Waals surface area (Å²) in [6.07, 6.45) is 2.36. The van der Waals surface area contributed by atoms with E-state index in [0.717, 1.165) is 0 Å².